The molecule has 1 aromatic rings. The topological polar surface area (TPSA) is 80.8 Å². The Hall–Kier alpha value is -2.15. The molecule has 1 aromatic heterocycles. The van der Waals surface area contributed by atoms with E-state index >= 15 is 0 Å². The van der Waals surface area contributed by atoms with Crippen LogP contribution in [0.25, 0.3) is 0 Å². The Kier molecular flexibility index (Phi) is 8.23. The molecule has 1 aliphatic heterocycles. The highest BCUT2D eigenvalue weighted by Gasteiger charge is 2.25. The molecule has 0 radical (unpaired) electrons. The van der Waals surface area contributed by atoms with Crippen LogP contribution in [0.4, 0.5) is 10.6 Å². The van der Waals surface area contributed by atoms with Gasteiger partial charge < -0.3 is 14.4 Å². The third-order valence-corrected chi connectivity index (χ3v) is 4.60. The van der Waals surface area contributed by atoms with Crippen molar-refractivity contribution in [1.82, 2.24) is 9.88 Å². The number of likely N-dealkylation sites (tertiary alicyclic amines) is 1. The lowest BCUT2D eigenvalue weighted by molar-refractivity contribution is -0.149. The summed E-state index contributed by atoms with van der Waals surface area (Å²) in [5.41, 5.74) is 0.588. The first-order chi connectivity index (χ1) is 13.3. The number of aryl methyl sites for hydroxylation is 1. The third kappa shape index (κ3) is 7.84. The molecule has 0 unspecified atom stereocenters. The lowest BCUT2D eigenvalue weighted by atomic mass is 9.97. The van der Waals surface area contributed by atoms with E-state index in [1.807, 2.05) is 39.8 Å². The van der Waals surface area contributed by atoms with Gasteiger partial charge in [0, 0.05) is 6.20 Å². The molecule has 2 rings (SSSR count). The van der Waals surface area contributed by atoms with Gasteiger partial charge in [-0.2, -0.15) is 0 Å². The highest BCUT2D eigenvalue weighted by atomic mass is 16.6. The second kappa shape index (κ2) is 10.4. The van der Waals surface area contributed by atoms with E-state index in [1.165, 1.54) is 0 Å². The lowest BCUT2D eigenvalue weighted by Gasteiger charge is -2.30. The van der Waals surface area contributed by atoms with Gasteiger partial charge in [0.25, 0.3) is 0 Å². The van der Waals surface area contributed by atoms with E-state index in [0.717, 1.165) is 50.9 Å². The number of nitrogens with zero attached hydrogens (tertiary/aromatic N) is 2. The van der Waals surface area contributed by atoms with E-state index < -0.39 is 11.7 Å². The molecule has 1 saturated heterocycles. The van der Waals surface area contributed by atoms with E-state index in [9.17, 15) is 9.59 Å². The molecule has 1 aliphatic rings. The van der Waals surface area contributed by atoms with Crippen molar-refractivity contribution in [2.24, 2.45) is 5.92 Å². The number of aromatic nitrogens is 1. The van der Waals surface area contributed by atoms with Gasteiger partial charge in [-0.15, -0.1) is 0 Å². The third-order valence-electron chi connectivity index (χ3n) is 4.60. The Morgan fingerprint density at radius 3 is 2.64 bits per heavy atom. The number of esters is 1. The van der Waals surface area contributed by atoms with Gasteiger partial charge in [-0.25, -0.2) is 9.78 Å². The maximum atomic E-state index is 11.9. The van der Waals surface area contributed by atoms with Crippen LogP contribution < -0.4 is 5.32 Å². The van der Waals surface area contributed by atoms with Crippen molar-refractivity contribution < 1.29 is 19.1 Å². The molecule has 1 fully saturated rings. The Morgan fingerprint density at radius 2 is 2.00 bits per heavy atom. The van der Waals surface area contributed by atoms with Crippen LogP contribution in [0.2, 0.25) is 0 Å². The molecule has 0 aliphatic carbocycles. The van der Waals surface area contributed by atoms with Crippen molar-refractivity contribution in [3.05, 3.63) is 23.9 Å². The summed E-state index contributed by atoms with van der Waals surface area (Å²) in [6, 6.07) is 3.85. The van der Waals surface area contributed by atoms with E-state index in [1.54, 1.807) is 6.20 Å². The van der Waals surface area contributed by atoms with Gasteiger partial charge in [0.2, 0.25) is 0 Å². The van der Waals surface area contributed by atoms with Gasteiger partial charge in [-0.05, 0) is 90.7 Å². The van der Waals surface area contributed by atoms with Crippen LogP contribution >= 0.6 is 0 Å². The molecule has 0 aromatic carbocycles. The largest absolute Gasteiger partial charge is 0.466 e. The number of nitrogens with one attached hydrogen (secondary N) is 1. The molecule has 0 saturated carbocycles. The van der Waals surface area contributed by atoms with Crippen LogP contribution in [0.1, 0.15) is 52.5 Å². The normalized spacial score (nSPS) is 15.9. The van der Waals surface area contributed by atoms with E-state index in [4.69, 9.17) is 9.47 Å². The van der Waals surface area contributed by atoms with Gasteiger partial charge in [0.15, 0.2) is 0 Å². The van der Waals surface area contributed by atoms with Crippen LogP contribution in [0.5, 0.6) is 0 Å². The first-order valence-corrected chi connectivity index (χ1v) is 10.1. The molecule has 2 heterocycles. The molecule has 0 spiro atoms. The summed E-state index contributed by atoms with van der Waals surface area (Å²) >= 11 is 0. The second-order valence-electron chi connectivity index (χ2n) is 8.15. The van der Waals surface area contributed by atoms with Crippen molar-refractivity contribution >= 4 is 17.9 Å². The van der Waals surface area contributed by atoms with Crippen molar-refractivity contribution in [2.45, 2.75) is 59.0 Å². The number of hydrogen-bond donors (Lipinski definition) is 1. The molecule has 28 heavy (non-hydrogen) atoms. The summed E-state index contributed by atoms with van der Waals surface area (Å²) in [6.45, 7) is 10.6. The summed E-state index contributed by atoms with van der Waals surface area (Å²) in [5, 5.41) is 2.68. The fourth-order valence-corrected chi connectivity index (χ4v) is 3.27. The Balaban J connectivity index is 1.72. The second-order valence-corrected chi connectivity index (χ2v) is 8.15. The fourth-order valence-electron chi connectivity index (χ4n) is 3.27. The van der Waals surface area contributed by atoms with Crippen molar-refractivity contribution in [2.75, 3.05) is 31.6 Å². The average molecular weight is 392 g/mol. The minimum Gasteiger partial charge on any atom is -0.466 e. The van der Waals surface area contributed by atoms with Gasteiger partial charge in [0.1, 0.15) is 11.4 Å². The highest BCUT2D eigenvalue weighted by Crippen LogP contribution is 2.19. The SMILES string of the molecule is CCOC(=O)C1CCN(CCCc2ccnc(NC(=O)OC(C)(C)C)c2)CC1. The number of rotatable bonds is 7. The van der Waals surface area contributed by atoms with Crippen LogP contribution in [0.3, 0.4) is 0 Å². The molecular weight excluding hydrogens is 358 g/mol. The molecule has 0 bridgehead atoms. The molecule has 7 heteroatoms. The smallest absolute Gasteiger partial charge is 0.413 e. The zero-order valence-electron chi connectivity index (χ0n) is 17.5. The number of anilines is 1. The molecule has 7 nitrogen and oxygen atoms in total. The standard InChI is InChI=1S/C21H33N3O4/c1-5-27-19(25)17-9-13-24(14-10-17)12-6-7-16-8-11-22-18(15-16)23-20(26)28-21(2,3)4/h8,11,15,17H,5-7,9-10,12-14H2,1-4H3,(H,22,23,26). The van der Waals surface area contributed by atoms with Crippen molar-refractivity contribution in [3.63, 3.8) is 0 Å². The van der Waals surface area contributed by atoms with Gasteiger partial charge in [-0.3, -0.25) is 10.1 Å². The molecule has 1 N–H and O–H groups in total. The number of ether oxygens (including phenoxy) is 2. The monoisotopic (exact) mass is 391 g/mol. The summed E-state index contributed by atoms with van der Waals surface area (Å²) in [4.78, 5) is 30.2. The minimum absolute atomic E-state index is 0.0519. The van der Waals surface area contributed by atoms with Gasteiger partial charge in [0.05, 0.1) is 12.5 Å². The van der Waals surface area contributed by atoms with E-state index in [-0.39, 0.29) is 11.9 Å². The van der Waals surface area contributed by atoms with E-state index in [0.29, 0.717) is 12.4 Å². The van der Waals surface area contributed by atoms with Crippen molar-refractivity contribution in [1.29, 1.82) is 0 Å². The number of hydrogen-bond acceptors (Lipinski definition) is 6. The van der Waals surface area contributed by atoms with Gasteiger partial charge in [-0.1, -0.05) is 0 Å². The molecule has 156 valence electrons. The maximum Gasteiger partial charge on any atom is 0.413 e. The summed E-state index contributed by atoms with van der Waals surface area (Å²) in [7, 11) is 0. The predicted octanol–water partition coefficient (Wildman–Crippen LogP) is 3.64. The Labute approximate surface area is 167 Å². The predicted molar refractivity (Wildman–Crippen MR) is 108 cm³/mol. The number of carbonyl (C=O) groups excluding carboxylic acids is 2. The maximum absolute atomic E-state index is 11.9. The average Bonchev–Trinajstić information content (AvgIpc) is 2.61. The zero-order chi connectivity index (χ0) is 20.6. The Morgan fingerprint density at radius 1 is 1.29 bits per heavy atom. The first-order valence-electron chi connectivity index (χ1n) is 10.1. The number of amides is 1. The summed E-state index contributed by atoms with van der Waals surface area (Å²) in [6.07, 6.45) is 4.87. The lowest BCUT2D eigenvalue weighted by Crippen LogP contribution is -2.37. The fraction of sp³-hybridized carbons (Fsp3) is 0.667. The molecule has 0 atom stereocenters. The Bertz CT molecular complexity index is 649. The molecular formula is C21H33N3O4. The summed E-state index contributed by atoms with van der Waals surface area (Å²) in [5.74, 6) is 0.504. The van der Waals surface area contributed by atoms with Gasteiger partial charge >= 0.3 is 12.1 Å². The minimum atomic E-state index is -0.539. The highest BCUT2D eigenvalue weighted by molar-refractivity contribution is 5.83. The zero-order valence-corrected chi connectivity index (χ0v) is 17.5. The van der Waals surface area contributed by atoms with Crippen molar-refractivity contribution in [3.8, 4) is 0 Å². The summed E-state index contributed by atoms with van der Waals surface area (Å²) < 4.78 is 10.4. The quantitative estimate of drug-likeness (QED) is 0.715. The van der Waals surface area contributed by atoms with Crippen LogP contribution in [-0.2, 0) is 20.7 Å². The number of carbonyl (C=O) groups is 2. The van der Waals surface area contributed by atoms with E-state index in [2.05, 4.69) is 15.2 Å². The number of pyridine rings is 1. The molecule has 1 amide bonds. The van der Waals surface area contributed by atoms with Crippen LogP contribution in [0, 0.1) is 5.92 Å². The first kappa shape index (κ1) is 22.1. The van der Waals surface area contributed by atoms with Crippen LogP contribution in [0.15, 0.2) is 18.3 Å². The number of piperidine rings is 1. The van der Waals surface area contributed by atoms with Crippen LogP contribution in [-0.4, -0.2) is 53.8 Å².